The molecule has 1 saturated heterocycles. The quantitative estimate of drug-likeness (QED) is 0.708. The van der Waals surface area contributed by atoms with Crippen molar-refractivity contribution in [3.63, 3.8) is 0 Å². The lowest BCUT2D eigenvalue weighted by molar-refractivity contribution is -0.125. The molecule has 1 aromatic rings. The van der Waals surface area contributed by atoms with Gasteiger partial charge in [-0.3, -0.25) is 9.59 Å². The summed E-state index contributed by atoms with van der Waals surface area (Å²) >= 11 is 0. The molecule has 1 aliphatic heterocycles. The van der Waals surface area contributed by atoms with Crippen LogP contribution in [0.4, 0.5) is 4.39 Å². The second-order valence-corrected chi connectivity index (χ2v) is 5.08. The smallest absolute Gasteiger partial charge is 0.251 e. The molecule has 0 atom stereocenters. The van der Waals surface area contributed by atoms with Crippen LogP contribution in [0.1, 0.15) is 23.2 Å². The normalized spacial score (nSPS) is 14.8. The second-order valence-electron chi connectivity index (χ2n) is 5.08. The van der Waals surface area contributed by atoms with Crippen molar-refractivity contribution in [3.8, 4) is 0 Å². The zero-order valence-corrected chi connectivity index (χ0v) is 13.0. The number of halogens is 2. The lowest BCUT2D eigenvalue weighted by Gasteiger charge is -2.21. The number of rotatable bonds is 5. The Balaban J connectivity index is 0.00000242. The SMILES string of the molecule is Cl.O=C(NCCNC(=O)C1CCNCC1)c1ccc(F)cc1. The summed E-state index contributed by atoms with van der Waals surface area (Å²) in [6.45, 7) is 2.50. The molecule has 0 spiro atoms. The van der Waals surface area contributed by atoms with E-state index in [0.717, 1.165) is 25.9 Å². The standard InChI is InChI=1S/C15H20FN3O2.ClH/c16-13-3-1-11(2-4-13)14(20)18-9-10-19-15(21)12-5-7-17-8-6-12;/h1-4,12,17H,5-10H2,(H,18,20)(H,19,21);1H. The number of carbonyl (C=O) groups is 2. The number of benzene rings is 1. The number of hydrogen-bond donors (Lipinski definition) is 3. The van der Waals surface area contributed by atoms with E-state index >= 15 is 0 Å². The van der Waals surface area contributed by atoms with Crippen molar-refractivity contribution in [2.24, 2.45) is 5.92 Å². The molecule has 0 unspecified atom stereocenters. The second kappa shape index (κ2) is 9.38. The molecule has 0 bridgehead atoms. The van der Waals surface area contributed by atoms with Gasteiger partial charge in [0.25, 0.3) is 5.91 Å². The fourth-order valence-corrected chi connectivity index (χ4v) is 2.29. The van der Waals surface area contributed by atoms with Crippen molar-refractivity contribution in [1.29, 1.82) is 0 Å². The maximum atomic E-state index is 12.7. The van der Waals surface area contributed by atoms with E-state index in [0.29, 0.717) is 18.7 Å². The molecule has 7 heteroatoms. The van der Waals surface area contributed by atoms with Crippen LogP contribution in [0.15, 0.2) is 24.3 Å². The maximum absolute atomic E-state index is 12.7. The van der Waals surface area contributed by atoms with E-state index < -0.39 is 0 Å². The van der Waals surface area contributed by atoms with Crippen LogP contribution >= 0.6 is 12.4 Å². The van der Waals surface area contributed by atoms with E-state index in [2.05, 4.69) is 16.0 Å². The van der Waals surface area contributed by atoms with Crippen LogP contribution in [0.2, 0.25) is 0 Å². The van der Waals surface area contributed by atoms with Crippen LogP contribution in [0, 0.1) is 11.7 Å². The van der Waals surface area contributed by atoms with Crippen molar-refractivity contribution < 1.29 is 14.0 Å². The Morgan fingerprint density at radius 1 is 1.09 bits per heavy atom. The van der Waals surface area contributed by atoms with Crippen LogP contribution in [0.25, 0.3) is 0 Å². The van der Waals surface area contributed by atoms with E-state index in [-0.39, 0.29) is 36.0 Å². The Kier molecular flexibility index (Phi) is 7.84. The number of piperidine rings is 1. The lowest BCUT2D eigenvalue weighted by Crippen LogP contribution is -2.41. The average molecular weight is 330 g/mol. The first-order chi connectivity index (χ1) is 10.2. The first-order valence-corrected chi connectivity index (χ1v) is 7.19. The highest BCUT2D eigenvalue weighted by Crippen LogP contribution is 2.10. The van der Waals surface area contributed by atoms with E-state index in [9.17, 15) is 14.0 Å². The summed E-state index contributed by atoms with van der Waals surface area (Å²) in [6.07, 6.45) is 1.71. The molecule has 22 heavy (non-hydrogen) atoms. The van der Waals surface area contributed by atoms with Crippen molar-refractivity contribution >= 4 is 24.2 Å². The van der Waals surface area contributed by atoms with E-state index in [4.69, 9.17) is 0 Å². The highest BCUT2D eigenvalue weighted by atomic mass is 35.5. The first kappa shape index (κ1) is 18.4. The fourth-order valence-electron chi connectivity index (χ4n) is 2.29. The average Bonchev–Trinajstić information content (AvgIpc) is 2.52. The van der Waals surface area contributed by atoms with Gasteiger partial charge in [0, 0.05) is 24.6 Å². The Morgan fingerprint density at radius 2 is 1.68 bits per heavy atom. The molecule has 0 saturated carbocycles. The van der Waals surface area contributed by atoms with Gasteiger partial charge in [0.15, 0.2) is 0 Å². The zero-order valence-electron chi connectivity index (χ0n) is 12.2. The molecule has 1 heterocycles. The number of nitrogens with one attached hydrogen (secondary N) is 3. The summed E-state index contributed by atoms with van der Waals surface area (Å²) in [6, 6.07) is 5.35. The Morgan fingerprint density at radius 3 is 2.32 bits per heavy atom. The maximum Gasteiger partial charge on any atom is 0.251 e. The minimum absolute atomic E-state index is 0. The number of carbonyl (C=O) groups excluding carboxylic acids is 2. The highest BCUT2D eigenvalue weighted by molar-refractivity contribution is 5.94. The molecule has 1 fully saturated rings. The minimum atomic E-state index is -0.374. The van der Waals surface area contributed by atoms with Gasteiger partial charge < -0.3 is 16.0 Å². The molecule has 0 aromatic heterocycles. The summed E-state index contributed by atoms with van der Waals surface area (Å²) in [7, 11) is 0. The third-order valence-electron chi connectivity index (χ3n) is 3.53. The minimum Gasteiger partial charge on any atom is -0.354 e. The highest BCUT2D eigenvalue weighted by Gasteiger charge is 2.20. The Hall–Kier alpha value is -1.66. The summed E-state index contributed by atoms with van der Waals surface area (Å²) in [4.78, 5) is 23.6. The van der Waals surface area contributed by atoms with Gasteiger partial charge >= 0.3 is 0 Å². The Labute approximate surface area is 135 Å². The van der Waals surface area contributed by atoms with Crippen LogP contribution in [-0.4, -0.2) is 38.0 Å². The van der Waals surface area contributed by atoms with Crippen molar-refractivity contribution in [2.75, 3.05) is 26.2 Å². The van der Waals surface area contributed by atoms with Crippen molar-refractivity contribution in [2.45, 2.75) is 12.8 Å². The van der Waals surface area contributed by atoms with Gasteiger partial charge in [-0.1, -0.05) is 0 Å². The predicted molar refractivity (Wildman–Crippen MR) is 84.6 cm³/mol. The molecule has 1 aliphatic rings. The summed E-state index contributed by atoms with van der Waals surface area (Å²) in [5, 5.41) is 8.73. The monoisotopic (exact) mass is 329 g/mol. The molecule has 2 rings (SSSR count). The number of amides is 2. The summed E-state index contributed by atoms with van der Waals surface area (Å²) in [5.41, 5.74) is 0.404. The first-order valence-electron chi connectivity index (χ1n) is 7.19. The largest absolute Gasteiger partial charge is 0.354 e. The summed E-state index contributed by atoms with van der Waals surface area (Å²) in [5.74, 6) is -0.529. The molecule has 3 N–H and O–H groups in total. The van der Waals surface area contributed by atoms with Gasteiger partial charge in [-0.2, -0.15) is 0 Å². The lowest BCUT2D eigenvalue weighted by atomic mass is 9.97. The van der Waals surface area contributed by atoms with Gasteiger partial charge in [-0.15, -0.1) is 12.4 Å². The van der Waals surface area contributed by atoms with Gasteiger partial charge in [0.2, 0.25) is 5.91 Å². The van der Waals surface area contributed by atoms with Crippen LogP contribution in [0.5, 0.6) is 0 Å². The van der Waals surface area contributed by atoms with Gasteiger partial charge in [0.1, 0.15) is 5.82 Å². The third kappa shape index (κ3) is 5.61. The molecule has 0 radical (unpaired) electrons. The van der Waals surface area contributed by atoms with E-state index in [1.807, 2.05) is 0 Å². The molecule has 1 aromatic carbocycles. The number of hydrogen-bond acceptors (Lipinski definition) is 3. The molecule has 5 nitrogen and oxygen atoms in total. The molecule has 122 valence electrons. The molecular weight excluding hydrogens is 309 g/mol. The Bertz CT molecular complexity index is 490. The fraction of sp³-hybridized carbons (Fsp3) is 0.467. The topological polar surface area (TPSA) is 70.2 Å². The van der Waals surface area contributed by atoms with Gasteiger partial charge in [-0.05, 0) is 50.2 Å². The van der Waals surface area contributed by atoms with Crippen LogP contribution in [-0.2, 0) is 4.79 Å². The third-order valence-corrected chi connectivity index (χ3v) is 3.53. The molecular formula is C15H21ClFN3O2. The molecule has 2 amide bonds. The summed E-state index contributed by atoms with van der Waals surface area (Å²) < 4.78 is 12.7. The van der Waals surface area contributed by atoms with Crippen LogP contribution in [0.3, 0.4) is 0 Å². The van der Waals surface area contributed by atoms with E-state index in [1.54, 1.807) is 0 Å². The zero-order chi connectivity index (χ0) is 15.1. The van der Waals surface area contributed by atoms with E-state index in [1.165, 1.54) is 24.3 Å². The van der Waals surface area contributed by atoms with Gasteiger partial charge in [-0.25, -0.2) is 4.39 Å². The van der Waals surface area contributed by atoms with Crippen molar-refractivity contribution in [3.05, 3.63) is 35.6 Å². The predicted octanol–water partition coefficient (Wildman–Crippen LogP) is 1.09. The van der Waals surface area contributed by atoms with Crippen LogP contribution < -0.4 is 16.0 Å². The van der Waals surface area contributed by atoms with Crippen molar-refractivity contribution in [1.82, 2.24) is 16.0 Å². The van der Waals surface area contributed by atoms with Gasteiger partial charge in [0.05, 0.1) is 0 Å². The molecule has 0 aliphatic carbocycles.